The fourth-order valence-corrected chi connectivity index (χ4v) is 3.38. The molecular formula is C11H13NO6. The van der Waals surface area contributed by atoms with E-state index in [-0.39, 0.29) is 0 Å². The smallest absolute Gasteiger partial charge is 0.323 e. The molecule has 1 aliphatic carbocycles. The van der Waals surface area contributed by atoms with Crippen molar-refractivity contribution in [1.82, 2.24) is 5.32 Å². The minimum atomic E-state index is -1.82. The number of piperidine rings is 1. The van der Waals surface area contributed by atoms with Crippen LogP contribution in [0.25, 0.3) is 0 Å². The maximum atomic E-state index is 11.9. The predicted molar refractivity (Wildman–Crippen MR) is 55.8 cm³/mol. The number of amides is 2. The summed E-state index contributed by atoms with van der Waals surface area (Å²) in [5.41, 5.74) is -4.81. The highest BCUT2D eigenvalue weighted by Gasteiger charge is 3.00. The first-order valence-electron chi connectivity index (χ1n) is 5.29. The zero-order valence-electron chi connectivity index (χ0n) is 10.4. The molecule has 0 bridgehead atoms. The number of imide groups is 1. The number of methoxy groups -OCH3 is 2. The van der Waals surface area contributed by atoms with E-state index in [1.165, 1.54) is 13.8 Å². The van der Waals surface area contributed by atoms with Crippen molar-refractivity contribution in [3.05, 3.63) is 0 Å². The van der Waals surface area contributed by atoms with Crippen LogP contribution in [0, 0.1) is 16.2 Å². The topological polar surface area (TPSA) is 98.8 Å². The predicted octanol–water partition coefficient (Wildman–Crippen LogP) is -0.999. The van der Waals surface area contributed by atoms with Crippen LogP contribution >= 0.6 is 0 Å². The first-order valence-corrected chi connectivity index (χ1v) is 5.29. The molecule has 1 N–H and O–H groups in total. The summed E-state index contributed by atoms with van der Waals surface area (Å²) in [6.07, 6.45) is 0. The number of hydrogen-bond donors (Lipinski definition) is 1. The van der Waals surface area contributed by atoms with E-state index in [0.29, 0.717) is 0 Å². The van der Waals surface area contributed by atoms with Gasteiger partial charge in [-0.25, -0.2) is 0 Å². The molecule has 98 valence electrons. The summed E-state index contributed by atoms with van der Waals surface area (Å²) in [6.45, 7) is 2.99. The molecule has 1 heterocycles. The first kappa shape index (κ1) is 12.5. The van der Waals surface area contributed by atoms with Gasteiger partial charge in [0, 0.05) is 5.41 Å². The number of esters is 2. The van der Waals surface area contributed by atoms with Gasteiger partial charge in [-0.05, 0) is 0 Å². The third-order valence-electron chi connectivity index (χ3n) is 4.27. The molecule has 0 aromatic heterocycles. The molecule has 2 rings (SSSR count). The van der Waals surface area contributed by atoms with Gasteiger partial charge in [-0.3, -0.25) is 24.5 Å². The van der Waals surface area contributed by atoms with Crippen molar-refractivity contribution in [2.75, 3.05) is 14.2 Å². The van der Waals surface area contributed by atoms with Crippen LogP contribution in [0.4, 0.5) is 0 Å². The van der Waals surface area contributed by atoms with E-state index in [1.54, 1.807) is 0 Å². The van der Waals surface area contributed by atoms with Crippen molar-refractivity contribution in [2.24, 2.45) is 16.2 Å². The number of fused-ring (bicyclic) bond motifs is 1. The van der Waals surface area contributed by atoms with E-state index < -0.39 is 40.0 Å². The van der Waals surface area contributed by atoms with Crippen molar-refractivity contribution in [1.29, 1.82) is 0 Å². The van der Waals surface area contributed by atoms with E-state index >= 15 is 0 Å². The van der Waals surface area contributed by atoms with Crippen molar-refractivity contribution >= 4 is 23.8 Å². The van der Waals surface area contributed by atoms with Gasteiger partial charge in [0.05, 0.1) is 14.2 Å². The van der Waals surface area contributed by atoms with Crippen LogP contribution in [0.3, 0.4) is 0 Å². The molecule has 7 nitrogen and oxygen atoms in total. The van der Waals surface area contributed by atoms with Crippen molar-refractivity contribution < 1.29 is 28.7 Å². The maximum absolute atomic E-state index is 11.9. The molecule has 1 saturated carbocycles. The Morgan fingerprint density at radius 3 is 1.56 bits per heavy atom. The molecule has 0 spiro atoms. The highest BCUT2D eigenvalue weighted by atomic mass is 16.5. The van der Waals surface area contributed by atoms with Crippen LogP contribution in [0.2, 0.25) is 0 Å². The minimum Gasteiger partial charge on any atom is -0.468 e. The molecule has 2 atom stereocenters. The van der Waals surface area contributed by atoms with E-state index in [0.717, 1.165) is 14.2 Å². The molecule has 7 heteroatoms. The standard InChI is InChI=1S/C11H13NO6/c1-9(2)10(7(15)17-3)5(13)12-6(14)11(9,10)8(16)18-4/h1-4H3,(H,12,13,14). The lowest BCUT2D eigenvalue weighted by atomic mass is 9.95. The van der Waals surface area contributed by atoms with Gasteiger partial charge in [0.1, 0.15) is 0 Å². The van der Waals surface area contributed by atoms with E-state index in [2.05, 4.69) is 9.47 Å². The Balaban J connectivity index is 2.70. The second-order valence-corrected chi connectivity index (χ2v) is 4.89. The largest absolute Gasteiger partial charge is 0.468 e. The van der Waals surface area contributed by atoms with Gasteiger partial charge in [0.2, 0.25) is 11.8 Å². The highest BCUT2D eigenvalue weighted by Crippen LogP contribution is 2.81. The number of carbonyl (C=O) groups excluding carboxylic acids is 4. The van der Waals surface area contributed by atoms with Crippen LogP contribution in [-0.4, -0.2) is 38.0 Å². The minimum absolute atomic E-state index is 0.810. The van der Waals surface area contributed by atoms with Crippen molar-refractivity contribution in [2.45, 2.75) is 13.8 Å². The summed E-state index contributed by atoms with van der Waals surface area (Å²) in [7, 11) is 2.20. The molecule has 0 aromatic carbocycles. The van der Waals surface area contributed by atoms with Crippen molar-refractivity contribution in [3.8, 4) is 0 Å². The fraction of sp³-hybridized carbons (Fsp3) is 0.636. The molecular weight excluding hydrogens is 242 g/mol. The van der Waals surface area contributed by atoms with Crippen LogP contribution in [0.1, 0.15) is 13.8 Å². The van der Waals surface area contributed by atoms with Crippen LogP contribution in [0.15, 0.2) is 0 Å². The number of carbonyl (C=O) groups is 4. The summed E-state index contributed by atoms with van der Waals surface area (Å²) < 4.78 is 9.19. The normalized spacial score (nSPS) is 35.6. The zero-order chi connectivity index (χ0) is 13.9. The monoisotopic (exact) mass is 255 g/mol. The van der Waals surface area contributed by atoms with Gasteiger partial charge in [-0.15, -0.1) is 0 Å². The summed E-state index contributed by atoms with van der Waals surface area (Å²) >= 11 is 0. The average molecular weight is 255 g/mol. The molecule has 2 amide bonds. The van der Waals surface area contributed by atoms with Crippen LogP contribution in [-0.2, 0) is 28.7 Å². The second kappa shape index (κ2) is 3.09. The maximum Gasteiger partial charge on any atom is 0.323 e. The quantitative estimate of drug-likeness (QED) is 0.386. The Kier molecular flexibility index (Phi) is 2.16. The Morgan fingerprint density at radius 2 is 1.28 bits per heavy atom. The number of hydrogen-bond acceptors (Lipinski definition) is 6. The lowest BCUT2D eigenvalue weighted by Crippen LogP contribution is -2.39. The third kappa shape index (κ3) is 0.794. The molecule has 1 saturated heterocycles. The SMILES string of the molecule is COC(=O)C12C(=O)NC(=O)C1(C(=O)OC)C2(C)C. The molecule has 0 radical (unpaired) electrons. The van der Waals surface area contributed by atoms with E-state index in [4.69, 9.17) is 0 Å². The van der Waals surface area contributed by atoms with Gasteiger partial charge < -0.3 is 9.47 Å². The Labute approximate surface area is 103 Å². The molecule has 2 unspecified atom stereocenters. The summed E-state index contributed by atoms with van der Waals surface area (Å²) in [5.74, 6) is -3.42. The van der Waals surface area contributed by atoms with Crippen LogP contribution < -0.4 is 5.32 Å². The van der Waals surface area contributed by atoms with E-state index in [1.807, 2.05) is 5.32 Å². The zero-order valence-corrected chi connectivity index (χ0v) is 10.4. The van der Waals surface area contributed by atoms with E-state index in [9.17, 15) is 19.2 Å². The fourth-order valence-electron chi connectivity index (χ4n) is 3.38. The number of ether oxygens (including phenoxy) is 2. The van der Waals surface area contributed by atoms with Crippen LogP contribution in [0.5, 0.6) is 0 Å². The molecule has 18 heavy (non-hydrogen) atoms. The number of rotatable bonds is 2. The lowest BCUT2D eigenvalue weighted by Gasteiger charge is -2.15. The van der Waals surface area contributed by atoms with Gasteiger partial charge in [0.15, 0.2) is 10.8 Å². The van der Waals surface area contributed by atoms with Gasteiger partial charge in [-0.1, -0.05) is 13.8 Å². The highest BCUT2D eigenvalue weighted by molar-refractivity contribution is 6.33. The summed E-state index contributed by atoms with van der Waals surface area (Å²) in [4.78, 5) is 47.8. The molecule has 2 fully saturated rings. The molecule has 0 aromatic rings. The Morgan fingerprint density at radius 1 is 0.944 bits per heavy atom. The summed E-state index contributed by atoms with van der Waals surface area (Å²) in [6, 6.07) is 0. The van der Waals surface area contributed by atoms with Gasteiger partial charge in [-0.2, -0.15) is 0 Å². The lowest BCUT2D eigenvalue weighted by molar-refractivity contribution is -0.159. The average Bonchev–Trinajstić information content (AvgIpc) is 2.66. The second-order valence-electron chi connectivity index (χ2n) is 4.89. The summed E-state index contributed by atoms with van der Waals surface area (Å²) in [5, 5.41) is 2.00. The first-order chi connectivity index (χ1) is 8.26. The third-order valence-corrected chi connectivity index (χ3v) is 4.27. The van der Waals surface area contributed by atoms with Crippen molar-refractivity contribution in [3.63, 3.8) is 0 Å². The molecule has 1 aliphatic heterocycles. The van der Waals surface area contributed by atoms with Gasteiger partial charge >= 0.3 is 11.9 Å². The Hall–Kier alpha value is -1.92. The van der Waals surface area contributed by atoms with Gasteiger partial charge in [0.25, 0.3) is 0 Å². The number of nitrogens with one attached hydrogen (secondary N) is 1. The Bertz CT molecular complexity index is 454. The molecule has 2 aliphatic rings.